The van der Waals surface area contributed by atoms with E-state index in [0.29, 0.717) is 6.04 Å². The first-order valence-corrected chi connectivity index (χ1v) is 7.60. The van der Waals surface area contributed by atoms with Crippen molar-refractivity contribution in [3.63, 3.8) is 0 Å². The van der Waals surface area contributed by atoms with Crippen LogP contribution in [0, 0.1) is 0 Å². The number of rotatable bonds is 6. The lowest BCUT2D eigenvalue weighted by Crippen LogP contribution is -2.43. The maximum absolute atomic E-state index is 5.33. The van der Waals surface area contributed by atoms with Crippen LogP contribution in [0.2, 0.25) is 0 Å². The lowest BCUT2D eigenvalue weighted by Gasteiger charge is -2.17. The van der Waals surface area contributed by atoms with Crippen LogP contribution in [0.5, 0.6) is 11.5 Å². The molecule has 0 saturated heterocycles. The van der Waals surface area contributed by atoms with Crippen LogP contribution >= 0.6 is 24.0 Å². The number of ether oxygens (including phenoxy) is 2. The molecule has 0 saturated carbocycles. The molecule has 1 aromatic carbocycles. The first-order chi connectivity index (χ1) is 10.8. The second-order valence-corrected chi connectivity index (χ2v) is 5.22. The summed E-state index contributed by atoms with van der Waals surface area (Å²) in [7, 11) is 5.10. The molecule has 1 aliphatic rings. The molecule has 2 rings (SSSR count). The number of halogens is 1. The molecule has 0 heterocycles. The molecule has 0 fully saturated rings. The van der Waals surface area contributed by atoms with Crippen LogP contribution < -0.4 is 20.1 Å². The van der Waals surface area contributed by atoms with Gasteiger partial charge in [-0.05, 0) is 37.0 Å². The molecule has 0 unspecified atom stereocenters. The van der Waals surface area contributed by atoms with Gasteiger partial charge in [-0.2, -0.15) is 0 Å². The van der Waals surface area contributed by atoms with E-state index in [2.05, 4.69) is 33.8 Å². The fraction of sp³-hybridized carbons (Fsp3) is 0.471. The fourth-order valence-corrected chi connectivity index (χ4v) is 2.48. The minimum absolute atomic E-state index is 0. The molecule has 0 atom stereocenters. The fourth-order valence-electron chi connectivity index (χ4n) is 2.48. The Morgan fingerprint density at radius 3 is 2.48 bits per heavy atom. The van der Waals surface area contributed by atoms with E-state index in [9.17, 15) is 0 Å². The summed E-state index contributed by atoms with van der Waals surface area (Å²) in [5.74, 6) is 2.37. The predicted molar refractivity (Wildman–Crippen MR) is 105 cm³/mol. The molecular weight excluding hydrogens is 405 g/mol. The smallest absolute Gasteiger partial charge is 0.191 e. The average Bonchev–Trinajstić information content (AvgIpc) is 3.06. The van der Waals surface area contributed by atoms with Gasteiger partial charge in [0.25, 0.3) is 0 Å². The topological polar surface area (TPSA) is 54.9 Å². The predicted octanol–water partition coefficient (Wildman–Crippen LogP) is 2.75. The summed E-state index contributed by atoms with van der Waals surface area (Å²) in [4.78, 5) is 4.27. The van der Waals surface area contributed by atoms with Gasteiger partial charge in [-0.1, -0.05) is 18.2 Å². The zero-order valence-electron chi connectivity index (χ0n) is 14.0. The first-order valence-electron chi connectivity index (χ1n) is 7.60. The van der Waals surface area contributed by atoms with E-state index < -0.39 is 0 Å². The van der Waals surface area contributed by atoms with Crippen LogP contribution in [0.4, 0.5) is 0 Å². The Labute approximate surface area is 155 Å². The standard InChI is InChI=1S/C17H25N3O2.HI/c1-18-17(20-14-6-4-5-7-14)19-11-10-13-8-9-15(21-2)16(12-13)22-3;/h4-5,8-9,12,14H,6-7,10-11H2,1-3H3,(H2,18,19,20);1H. The summed E-state index contributed by atoms with van der Waals surface area (Å²) in [5.41, 5.74) is 1.20. The molecule has 0 aliphatic heterocycles. The second-order valence-electron chi connectivity index (χ2n) is 5.22. The monoisotopic (exact) mass is 431 g/mol. The van der Waals surface area contributed by atoms with Crippen molar-refractivity contribution in [1.82, 2.24) is 10.6 Å². The van der Waals surface area contributed by atoms with Crippen molar-refractivity contribution in [1.29, 1.82) is 0 Å². The maximum atomic E-state index is 5.33. The van der Waals surface area contributed by atoms with Crippen LogP contribution in [-0.2, 0) is 6.42 Å². The first kappa shape index (κ1) is 19.6. The number of nitrogens with one attached hydrogen (secondary N) is 2. The zero-order chi connectivity index (χ0) is 15.8. The van der Waals surface area contributed by atoms with Gasteiger partial charge >= 0.3 is 0 Å². The van der Waals surface area contributed by atoms with Gasteiger partial charge in [0.05, 0.1) is 14.2 Å². The lowest BCUT2D eigenvalue weighted by atomic mass is 10.1. The molecule has 0 aromatic heterocycles. The summed E-state index contributed by atoms with van der Waals surface area (Å²) >= 11 is 0. The quantitative estimate of drug-likeness (QED) is 0.315. The third kappa shape index (κ3) is 5.93. The molecule has 1 aliphatic carbocycles. The summed E-state index contributed by atoms with van der Waals surface area (Å²) in [6.45, 7) is 0.815. The number of methoxy groups -OCH3 is 2. The SMILES string of the molecule is CN=C(NCCc1ccc(OC)c(OC)c1)NC1CC=CC1.I. The van der Waals surface area contributed by atoms with Crippen LogP contribution in [0.1, 0.15) is 18.4 Å². The Morgan fingerprint density at radius 2 is 1.87 bits per heavy atom. The number of guanidine groups is 1. The van der Waals surface area contributed by atoms with Crippen molar-refractivity contribution in [2.24, 2.45) is 4.99 Å². The molecular formula is C17H26IN3O2. The molecule has 5 nitrogen and oxygen atoms in total. The highest BCUT2D eigenvalue weighted by Gasteiger charge is 2.11. The van der Waals surface area contributed by atoms with Crippen molar-refractivity contribution in [2.75, 3.05) is 27.8 Å². The molecule has 0 spiro atoms. The number of benzene rings is 1. The van der Waals surface area contributed by atoms with E-state index in [-0.39, 0.29) is 24.0 Å². The Kier molecular flexibility index (Phi) is 8.83. The van der Waals surface area contributed by atoms with Gasteiger partial charge in [-0.3, -0.25) is 4.99 Å². The van der Waals surface area contributed by atoms with Crippen molar-refractivity contribution in [3.05, 3.63) is 35.9 Å². The van der Waals surface area contributed by atoms with Gasteiger partial charge < -0.3 is 20.1 Å². The van der Waals surface area contributed by atoms with E-state index in [0.717, 1.165) is 43.3 Å². The van der Waals surface area contributed by atoms with Crippen LogP contribution in [0.3, 0.4) is 0 Å². The van der Waals surface area contributed by atoms with Gasteiger partial charge in [-0.25, -0.2) is 0 Å². The van der Waals surface area contributed by atoms with Crippen LogP contribution in [-0.4, -0.2) is 39.8 Å². The van der Waals surface area contributed by atoms with Gasteiger partial charge in [0.2, 0.25) is 0 Å². The third-order valence-electron chi connectivity index (χ3n) is 3.73. The third-order valence-corrected chi connectivity index (χ3v) is 3.73. The van der Waals surface area contributed by atoms with Crippen LogP contribution in [0.15, 0.2) is 35.3 Å². The highest BCUT2D eigenvalue weighted by Crippen LogP contribution is 2.27. The minimum Gasteiger partial charge on any atom is -0.493 e. The average molecular weight is 431 g/mol. The summed E-state index contributed by atoms with van der Waals surface area (Å²) in [6, 6.07) is 6.47. The molecule has 2 N–H and O–H groups in total. The summed E-state index contributed by atoms with van der Waals surface area (Å²) < 4.78 is 10.6. The number of aliphatic imine (C=N–C) groups is 1. The molecule has 0 bridgehead atoms. The molecule has 128 valence electrons. The number of hydrogen-bond acceptors (Lipinski definition) is 3. The largest absolute Gasteiger partial charge is 0.493 e. The van der Waals surface area contributed by atoms with Crippen molar-refractivity contribution in [2.45, 2.75) is 25.3 Å². The Bertz CT molecular complexity index is 539. The molecule has 6 heteroatoms. The van der Waals surface area contributed by atoms with E-state index in [1.165, 1.54) is 5.56 Å². The van der Waals surface area contributed by atoms with Gasteiger partial charge in [0.1, 0.15) is 0 Å². The summed E-state index contributed by atoms with van der Waals surface area (Å²) in [5, 5.41) is 6.77. The highest BCUT2D eigenvalue weighted by atomic mass is 127. The van der Waals surface area contributed by atoms with Gasteiger partial charge in [0.15, 0.2) is 17.5 Å². The van der Waals surface area contributed by atoms with Crippen molar-refractivity contribution in [3.8, 4) is 11.5 Å². The maximum Gasteiger partial charge on any atom is 0.191 e. The van der Waals surface area contributed by atoms with Crippen molar-refractivity contribution >= 4 is 29.9 Å². The van der Waals surface area contributed by atoms with E-state index in [1.54, 1.807) is 21.3 Å². The normalized spacial score (nSPS) is 14.3. The molecule has 0 radical (unpaired) electrons. The van der Waals surface area contributed by atoms with Crippen molar-refractivity contribution < 1.29 is 9.47 Å². The molecule has 1 aromatic rings. The molecule has 0 amide bonds. The number of hydrogen-bond donors (Lipinski definition) is 2. The Balaban J connectivity index is 0.00000264. The summed E-state index contributed by atoms with van der Waals surface area (Å²) in [6.07, 6.45) is 7.43. The van der Waals surface area contributed by atoms with Gasteiger partial charge in [0, 0.05) is 19.6 Å². The lowest BCUT2D eigenvalue weighted by molar-refractivity contribution is 0.354. The van der Waals surface area contributed by atoms with E-state index in [4.69, 9.17) is 9.47 Å². The minimum atomic E-state index is 0. The number of nitrogens with zero attached hydrogens (tertiary/aromatic N) is 1. The van der Waals surface area contributed by atoms with Crippen LogP contribution in [0.25, 0.3) is 0 Å². The van der Waals surface area contributed by atoms with Gasteiger partial charge in [-0.15, -0.1) is 24.0 Å². The second kappa shape index (κ2) is 10.4. The van der Waals surface area contributed by atoms with E-state index >= 15 is 0 Å². The Morgan fingerprint density at radius 1 is 1.17 bits per heavy atom. The zero-order valence-corrected chi connectivity index (χ0v) is 16.3. The highest BCUT2D eigenvalue weighted by molar-refractivity contribution is 14.0. The molecule has 23 heavy (non-hydrogen) atoms. The Hall–Kier alpha value is -1.44. The van der Waals surface area contributed by atoms with E-state index in [1.807, 2.05) is 12.1 Å².